The van der Waals surface area contributed by atoms with Crippen LogP contribution in [0.25, 0.3) is 0 Å². The maximum Gasteiger partial charge on any atom is 0.0683 e. The van der Waals surface area contributed by atoms with E-state index in [0.29, 0.717) is 5.41 Å². The lowest BCUT2D eigenvalue weighted by atomic mass is 9.89. The van der Waals surface area contributed by atoms with Crippen molar-refractivity contribution in [3.05, 3.63) is 0 Å². The molecular weight excluding hydrogens is 222 g/mol. The van der Waals surface area contributed by atoms with Crippen molar-refractivity contribution in [1.82, 2.24) is 10.2 Å². The molecule has 0 unspecified atom stereocenters. The molecule has 0 aliphatic heterocycles. The van der Waals surface area contributed by atoms with E-state index in [9.17, 15) is 0 Å². The minimum atomic E-state index is -0.163. The second-order valence-corrected chi connectivity index (χ2v) is 7.03. The second kappa shape index (κ2) is 7.76. The molecule has 0 saturated heterocycles. The second-order valence-electron chi connectivity index (χ2n) is 7.03. The summed E-state index contributed by atoms with van der Waals surface area (Å²) in [6, 6.07) is 2.35. The molecule has 0 aliphatic rings. The van der Waals surface area contributed by atoms with Crippen LogP contribution in [-0.2, 0) is 0 Å². The number of hydrogen-bond donors (Lipinski definition) is 1. The van der Waals surface area contributed by atoms with Gasteiger partial charge in [-0.25, -0.2) is 0 Å². The zero-order valence-corrected chi connectivity index (χ0v) is 13.1. The first-order valence-corrected chi connectivity index (χ1v) is 6.95. The van der Waals surface area contributed by atoms with E-state index in [1.54, 1.807) is 0 Å². The van der Waals surface area contributed by atoms with E-state index in [1.807, 2.05) is 13.8 Å². The first-order chi connectivity index (χ1) is 8.18. The van der Waals surface area contributed by atoms with Crippen LogP contribution in [0.3, 0.4) is 0 Å². The smallest absolute Gasteiger partial charge is 0.0683 e. The number of rotatable bonds is 9. The molecule has 3 nitrogen and oxygen atoms in total. The molecule has 0 aromatic rings. The van der Waals surface area contributed by atoms with Crippen LogP contribution in [0.5, 0.6) is 0 Å². The van der Waals surface area contributed by atoms with Gasteiger partial charge in [-0.15, -0.1) is 0 Å². The minimum Gasteiger partial charge on any atom is -0.316 e. The van der Waals surface area contributed by atoms with Gasteiger partial charge in [-0.2, -0.15) is 5.26 Å². The lowest BCUT2D eigenvalue weighted by molar-refractivity contribution is 0.232. The fourth-order valence-corrected chi connectivity index (χ4v) is 2.21. The number of nitriles is 1. The van der Waals surface area contributed by atoms with Crippen LogP contribution in [0.4, 0.5) is 0 Å². The Balaban J connectivity index is 3.60. The molecular formula is C15H31N3. The van der Waals surface area contributed by atoms with Gasteiger partial charge in [-0.3, -0.25) is 0 Å². The summed E-state index contributed by atoms with van der Waals surface area (Å²) >= 11 is 0. The molecule has 0 atom stereocenters. The summed E-state index contributed by atoms with van der Waals surface area (Å²) in [7, 11) is 4.23. The molecule has 0 rings (SSSR count). The van der Waals surface area contributed by atoms with Crippen LogP contribution in [0.2, 0.25) is 0 Å². The fourth-order valence-electron chi connectivity index (χ4n) is 2.21. The van der Waals surface area contributed by atoms with Gasteiger partial charge in [-0.05, 0) is 52.7 Å². The average Bonchev–Trinajstić information content (AvgIpc) is 2.21. The van der Waals surface area contributed by atoms with Crippen molar-refractivity contribution in [2.45, 2.75) is 47.0 Å². The van der Waals surface area contributed by atoms with Gasteiger partial charge in [-0.1, -0.05) is 20.3 Å². The molecule has 0 aromatic carbocycles. The van der Waals surface area contributed by atoms with Crippen molar-refractivity contribution >= 4 is 0 Å². The van der Waals surface area contributed by atoms with Gasteiger partial charge in [0, 0.05) is 13.1 Å². The molecule has 18 heavy (non-hydrogen) atoms. The van der Waals surface area contributed by atoms with Crippen LogP contribution in [-0.4, -0.2) is 38.6 Å². The Kier molecular flexibility index (Phi) is 7.51. The van der Waals surface area contributed by atoms with E-state index in [-0.39, 0.29) is 5.41 Å². The van der Waals surface area contributed by atoms with Crippen LogP contribution >= 0.6 is 0 Å². The molecule has 0 radical (unpaired) electrons. The monoisotopic (exact) mass is 253 g/mol. The van der Waals surface area contributed by atoms with Gasteiger partial charge in [0.15, 0.2) is 0 Å². The predicted molar refractivity (Wildman–Crippen MR) is 78.4 cm³/mol. The maximum atomic E-state index is 8.92. The predicted octanol–water partition coefficient (Wildman–Crippen LogP) is 2.88. The Morgan fingerprint density at radius 3 is 2.22 bits per heavy atom. The summed E-state index contributed by atoms with van der Waals surface area (Å²) < 4.78 is 0. The summed E-state index contributed by atoms with van der Waals surface area (Å²) in [5.41, 5.74) is 0.152. The Hall–Kier alpha value is -0.590. The van der Waals surface area contributed by atoms with Crippen LogP contribution in [0, 0.1) is 22.2 Å². The molecule has 0 aromatic heterocycles. The average molecular weight is 253 g/mol. The highest BCUT2D eigenvalue weighted by Crippen LogP contribution is 2.21. The Bertz CT molecular complexity index is 261. The van der Waals surface area contributed by atoms with E-state index in [2.05, 4.69) is 44.2 Å². The lowest BCUT2D eigenvalue weighted by Gasteiger charge is -2.28. The van der Waals surface area contributed by atoms with Gasteiger partial charge < -0.3 is 10.2 Å². The normalized spacial score (nSPS) is 12.8. The SMILES string of the molecule is CN(C)CC(C)(C)CNCCCCC(C)(C)C#N. The van der Waals surface area contributed by atoms with Crippen molar-refractivity contribution < 1.29 is 0 Å². The molecule has 0 bridgehead atoms. The molecule has 0 amide bonds. The topological polar surface area (TPSA) is 39.1 Å². The zero-order valence-electron chi connectivity index (χ0n) is 13.1. The van der Waals surface area contributed by atoms with Crippen LogP contribution in [0.15, 0.2) is 0 Å². The van der Waals surface area contributed by atoms with Crippen molar-refractivity contribution in [3.8, 4) is 6.07 Å². The third-order valence-corrected chi connectivity index (χ3v) is 3.06. The quantitative estimate of drug-likeness (QED) is 0.642. The molecule has 0 fully saturated rings. The Morgan fingerprint density at radius 1 is 1.11 bits per heavy atom. The van der Waals surface area contributed by atoms with Gasteiger partial charge in [0.05, 0.1) is 11.5 Å². The molecule has 0 saturated carbocycles. The van der Waals surface area contributed by atoms with E-state index >= 15 is 0 Å². The highest BCUT2D eigenvalue weighted by Gasteiger charge is 2.18. The fraction of sp³-hybridized carbons (Fsp3) is 0.933. The van der Waals surface area contributed by atoms with E-state index in [1.165, 1.54) is 0 Å². The summed E-state index contributed by atoms with van der Waals surface area (Å²) in [6.07, 6.45) is 3.27. The zero-order chi connectivity index (χ0) is 14.2. The summed E-state index contributed by atoms with van der Waals surface area (Å²) in [4.78, 5) is 2.23. The third-order valence-electron chi connectivity index (χ3n) is 3.06. The maximum absolute atomic E-state index is 8.92. The minimum absolute atomic E-state index is 0.163. The largest absolute Gasteiger partial charge is 0.316 e. The van der Waals surface area contributed by atoms with E-state index in [4.69, 9.17) is 5.26 Å². The van der Waals surface area contributed by atoms with E-state index < -0.39 is 0 Å². The Morgan fingerprint density at radius 2 is 1.72 bits per heavy atom. The van der Waals surface area contributed by atoms with Gasteiger partial charge in [0.25, 0.3) is 0 Å². The Labute approximate surface area is 114 Å². The third kappa shape index (κ3) is 9.44. The molecule has 0 spiro atoms. The molecule has 1 N–H and O–H groups in total. The highest BCUT2D eigenvalue weighted by atomic mass is 15.1. The van der Waals surface area contributed by atoms with Crippen molar-refractivity contribution in [3.63, 3.8) is 0 Å². The van der Waals surface area contributed by atoms with Crippen molar-refractivity contribution in [1.29, 1.82) is 5.26 Å². The van der Waals surface area contributed by atoms with Gasteiger partial charge >= 0.3 is 0 Å². The standard InChI is InChI=1S/C15H31N3/c1-14(2,11-16)9-7-8-10-17-12-15(3,4)13-18(5)6/h17H,7-10,12-13H2,1-6H3. The molecule has 0 aliphatic carbocycles. The van der Waals surface area contributed by atoms with Crippen molar-refractivity contribution in [2.75, 3.05) is 33.7 Å². The summed E-state index contributed by atoms with van der Waals surface area (Å²) in [5, 5.41) is 12.4. The molecule has 0 heterocycles. The summed E-state index contributed by atoms with van der Waals surface area (Å²) in [6.45, 7) is 11.8. The molecule has 3 heteroatoms. The lowest BCUT2D eigenvalue weighted by Crippen LogP contribution is -2.37. The molecule has 106 valence electrons. The van der Waals surface area contributed by atoms with Crippen LogP contribution < -0.4 is 5.32 Å². The van der Waals surface area contributed by atoms with Crippen LogP contribution in [0.1, 0.15) is 47.0 Å². The first kappa shape index (κ1) is 17.4. The highest BCUT2D eigenvalue weighted by molar-refractivity contribution is 4.91. The van der Waals surface area contributed by atoms with Crippen molar-refractivity contribution in [2.24, 2.45) is 10.8 Å². The number of nitrogens with one attached hydrogen (secondary N) is 1. The number of nitrogens with zero attached hydrogens (tertiary/aromatic N) is 2. The van der Waals surface area contributed by atoms with Gasteiger partial charge in [0.1, 0.15) is 0 Å². The number of unbranched alkanes of at least 4 members (excludes halogenated alkanes) is 1. The number of hydrogen-bond acceptors (Lipinski definition) is 3. The van der Waals surface area contributed by atoms with Gasteiger partial charge in [0.2, 0.25) is 0 Å². The first-order valence-electron chi connectivity index (χ1n) is 6.95. The summed E-state index contributed by atoms with van der Waals surface area (Å²) in [5.74, 6) is 0. The van der Waals surface area contributed by atoms with E-state index in [0.717, 1.165) is 38.9 Å².